The topological polar surface area (TPSA) is 94.2 Å². The highest BCUT2D eigenvalue weighted by molar-refractivity contribution is 9.10. The maximum absolute atomic E-state index is 11.9. The number of anilines is 2. The van der Waals surface area contributed by atoms with Gasteiger partial charge in [-0.15, -0.1) is 0 Å². The lowest BCUT2D eigenvalue weighted by Crippen LogP contribution is -2.23. The maximum Gasteiger partial charge on any atom is 0.344 e. The Kier molecular flexibility index (Phi) is 10.5. The van der Waals surface area contributed by atoms with Crippen LogP contribution >= 0.6 is 15.9 Å². The fraction of sp³-hybridized carbons (Fsp3) is 0.219. The molecule has 0 atom stereocenters. The van der Waals surface area contributed by atoms with Gasteiger partial charge in [0.15, 0.2) is 6.61 Å². The molecule has 4 rings (SSSR count). The lowest BCUT2D eigenvalue weighted by atomic mass is 10.1. The molecular weight excluding hydrogens is 620 g/mol. The summed E-state index contributed by atoms with van der Waals surface area (Å²) < 4.78 is 43.7. The van der Waals surface area contributed by atoms with Crippen molar-refractivity contribution in [1.29, 1.82) is 0 Å². The molecule has 0 amide bonds. The van der Waals surface area contributed by atoms with Crippen LogP contribution in [0.2, 0.25) is 0 Å². The number of sulfonamides is 1. The van der Waals surface area contributed by atoms with E-state index in [1.54, 1.807) is 31.2 Å². The largest absolute Gasteiger partial charge is 0.481 e. The molecule has 0 spiro atoms. The predicted octanol–water partition coefficient (Wildman–Crippen LogP) is 7.07. The van der Waals surface area contributed by atoms with Crippen LogP contribution in [0.5, 0.6) is 17.2 Å². The Balaban J connectivity index is 1.52. The molecular formula is C32H33BrN2O6S. The first-order chi connectivity index (χ1) is 20.1. The van der Waals surface area contributed by atoms with E-state index in [4.69, 9.17) is 14.2 Å². The SMILES string of the molecule is CCOC(=O)COc1cc(Oc2ccc(CN(Cc3ccccc3)c3cccc(NS(C)(=O)=O)c3C)cc2)ccc1Br. The van der Waals surface area contributed by atoms with Gasteiger partial charge in [-0.1, -0.05) is 48.5 Å². The van der Waals surface area contributed by atoms with Gasteiger partial charge in [0.2, 0.25) is 10.0 Å². The molecule has 0 bridgehead atoms. The highest BCUT2D eigenvalue weighted by atomic mass is 79.9. The van der Waals surface area contributed by atoms with Crippen LogP contribution < -0.4 is 19.1 Å². The van der Waals surface area contributed by atoms with Gasteiger partial charge in [0.1, 0.15) is 17.2 Å². The number of halogens is 1. The molecule has 4 aromatic carbocycles. The molecule has 0 unspecified atom stereocenters. The van der Waals surface area contributed by atoms with Crippen LogP contribution in [-0.4, -0.2) is 33.9 Å². The summed E-state index contributed by atoms with van der Waals surface area (Å²) in [6.07, 6.45) is 1.15. The van der Waals surface area contributed by atoms with Gasteiger partial charge < -0.3 is 19.1 Å². The molecule has 0 saturated carbocycles. The average Bonchev–Trinajstić information content (AvgIpc) is 2.95. The molecule has 8 nitrogen and oxygen atoms in total. The number of nitrogens with one attached hydrogen (secondary N) is 1. The van der Waals surface area contributed by atoms with Gasteiger partial charge in [-0.25, -0.2) is 13.2 Å². The third-order valence-corrected chi connectivity index (χ3v) is 7.49. The van der Waals surface area contributed by atoms with Crippen LogP contribution in [0.15, 0.2) is 95.5 Å². The molecule has 220 valence electrons. The Hall–Kier alpha value is -4.02. The average molecular weight is 654 g/mol. The van der Waals surface area contributed by atoms with Crippen LogP contribution in [0, 0.1) is 6.92 Å². The second kappa shape index (κ2) is 14.2. The molecule has 0 aliphatic heterocycles. The van der Waals surface area contributed by atoms with Crippen molar-refractivity contribution in [3.05, 3.63) is 112 Å². The zero-order valence-corrected chi connectivity index (χ0v) is 26.1. The van der Waals surface area contributed by atoms with Gasteiger partial charge >= 0.3 is 5.97 Å². The minimum atomic E-state index is -3.42. The first-order valence-electron chi connectivity index (χ1n) is 13.3. The summed E-state index contributed by atoms with van der Waals surface area (Å²) in [6.45, 7) is 4.97. The molecule has 4 aromatic rings. The van der Waals surface area contributed by atoms with Crippen LogP contribution in [0.1, 0.15) is 23.6 Å². The number of carbonyl (C=O) groups excluding carboxylic acids is 1. The highest BCUT2D eigenvalue weighted by Gasteiger charge is 2.15. The van der Waals surface area contributed by atoms with E-state index >= 15 is 0 Å². The summed E-state index contributed by atoms with van der Waals surface area (Å²) in [5.74, 6) is 1.22. The van der Waals surface area contributed by atoms with Crippen LogP contribution in [-0.2, 0) is 32.6 Å². The van der Waals surface area contributed by atoms with Gasteiger partial charge in [0, 0.05) is 24.8 Å². The van der Waals surface area contributed by atoms with Crippen molar-refractivity contribution in [2.24, 2.45) is 0 Å². The van der Waals surface area contributed by atoms with Crippen molar-refractivity contribution in [2.75, 3.05) is 29.1 Å². The number of carbonyl (C=O) groups is 1. The van der Waals surface area contributed by atoms with E-state index in [9.17, 15) is 13.2 Å². The minimum Gasteiger partial charge on any atom is -0.481 e. The molecule has 10 heteroatoms. The fourth-order valence-corrected chi connectivity index (χ4v) is 5.30. The van der Waals surface area contributed by atoms with Crippen molar-refractivity contribution < 1.29 is 27.4 Å². The van der Waals surface area contributed by atoms with Crippen molar-refractivity contribution in [2.45, 2.75) is 26.9 Å². The van der Waals surface area contributed by atoms with E-state index < -0.39 is 16.0 Å². The van der Waals surface area contributed by atoms with Crippen LogP contribution in [0.25, 0.3) is 0 Å². The van der Waals surface area contributed by atoms with E-state index in [2.05, 4.69) is 37.7 Å². The van der Waals surface area contributed by atoms with E-state index in [1.165, 1.54) is 0 Å². The first kappa shape index (κ1) is 30.9. The molecule has 0 aliphatic carbocycles. The van der Waals surface area contributed by atoms with Crippen molar-refractivity contribution >= 4 is 43.3 Å². The fourth-order valence-electron chi connectivity index (χ4n) is 4.32. The highest BCUT2D eigenvalue weighted by Crippen LogP contribution is 2.33. The number of hydrogen-bond acceptors (Lipinski definition) is 7. The molecule has 0 radical (unpaired) electrons. The van der Waals surface area contributed by atoms with E-state index in [1.807, 2.05) is 61.5 Å². The van der Waals surface area contributed by atoms with Gasteiger partial charge in [-0.2, -0.15) is 0 Å². The molecule has 42 heavy (non-hydrogen) atoms. The van der Waals surface area contributed by atoms with Crippen LogP contribution in [0.3, 0.4) is 0 Å². The second-order valence-corrected chi connectivity index (χ2v) is 12.2. The van der Waals surface area contributed by atoms with E-state index in [0.717, 1.165) is 28.6 Å². The summed E-state index contributed by atoms with van der Waals surface area (Å²) in [5.41, 5.74) is 4.51. The maximum atomic E-state index is 11.9. The Morgan fingerprint density at radius 3 is 2.21 bits per heavy atom. The summed E-state index contributed by atoms with van der Waals surface area (Å²) >= 11 is 3.43. The summed E-state index contributed by atoms with van der Waals surface area (Å²) in [6, 6.07) is 28.8. The summed E-state index contributed by atoms with van der Waals surface area (Å²) in [7, 11) is -3.42. The Morgan fingerprint density at radius 2 is 1.55 bits per heavy atom. The summed E-state index contributed by atoms with van der Waals surface area (Å²) in [5, 5.41) is 0. The zero-order chi connectivity index (χ0) is 30.1. The number of esters is 1. The molecule has 0 aromatic heterocycles. The lowest BCUT2D eigenvalue weighted by Gasteiger charge is -2.28. The molecule has 1 N–H and O–H groups in total. The molecule has 0 heterocycles. The first-order valence-corrected chi connectivity index (χ1v) is 16.0. The third kappa shape index (κ3) is 8.99. The lowest BCUT2D eigenvalue weighted by molar-refractivity contribution is -0.145. The molecule has 0 fully saturated rings. The van der Waals surface area contributed by atoms with Crippen molar-refractivity contribution in [3.63, 3.8) is 0 Å². The quantitative estimate of drug-likeness (QED) is 0.154. The van der Waals surface area contributed by atoms with Gasteiger partial charge in [-0.05, 0) is 82.9 Å². The van der Waals surface area contributed by atoms with E-state index in [-0.39, 0.29) is 6.61 Å². The monoisotopic (exact) mass is 652 g/mol. The van der Waals surface area contributed by atoms with Gasteiger partial charge in [0.25, 0.3) is 0 Å². The van der Waals surface area contributed by atoms with Crippen molar-refractivity contribution in [3.8, 4) is 17.2 Å². The Labute approximate surface area is 255 Å². The second-order valence-electron chi connectivity index (χ2n) is 9.60. The molecule has 0 saturated heterocycles. The smallest absolute Gasteiger partial charge is 0.344 e. The minimum absolute atomic E-state index is 0.198. The van der Waals surface area contributed by atoms with Crippen molar-refractivity contribution in [1.82, 2.24) is 0 Å². The number of ether oxygens (including phenoxy) is 3. The standard InChI is InChI=1S/C32H33BrN2O6S/c1-4-39-32(36)22-40-31-19-27(17-18-28(31)33)41-26-15-13-25(14-16-26)21-35(20-24-9-6-5-7-10-24)30-12-8-11-29(23(30)2)34-42(3,37)38/h5-19,34H,4,20-22H2,1-3H3. The van der Waals surface area contributed by atoms with E-state index in [0.29, 0.717) is 47.1 Å². The summed E-state index contributed by atoms with van der Waals surface area (Å²) in [4.78, 5) is 13.9. The number of hydrogen-bond donors (Lipinski definition) is 1. The number of benzene rings is 4. The Bertz CT molecular complexity index is 1610. The predicted molar refractivity (Wildman–Crippen MR) is 169 cm³/mol. The van der Waals surface area contributed by atoms with Gasteiger partial charge in [0.05, 0.1) is 23.0 Å². The number of rotatable bonds is 13. The third-order valence-electron chi connectivity index (χ3n) is 6.24. The zero-order valence-electron chi connectivity index (χ0n) is 23.7. The Morgan fingerprint density at radius 1 is 0.881 bits per heavy atom. The molecule has 0 aliphatic rings. The van der Waals surface area contributed by atoms with Gasteiger partial charge in [-0.3, -0.25) is 4.72 Å². The number of nitrogens with zero attached hydrogens (tertiary/aromatic N) is 1. The van der Waals surface area contributed by atoms with Crippen LogP contribution in [0.4, 0.5) is 11.4 Å². The normalized spacial score (nSPS) is 11.0.